The Labute approximate surface area is 242 Å². The average Bonchev–Trinajstić information content (AvgIpc) is 3.70. The molecular formula is C35H26N2O5. The largest absolute Gasteiger partial charge is 0.454 e. The van der Waals surface area contributed by atoms with E-state index in [2.05, 4.69) is 11.4 Å². The van der Waals surface area contributed by atoms with Gasteiger partial charge in [-0.15, -0.1) is 0 Å². The third-order valence-corrected chi connectivity index (χ3v) is 9.15. The Kier molecular flexibility index (Phi) is 5.22. The number of carbonyl (C=O) groups excluding carboxylic acids is 3. The zero-order chi connectivity index (χ0) is 28.6. The molecule has 4 aromatic rings. The molecule has 4 aromatic carbocycles. The summed E-state index contributed by atoms with van der Waals surface area (Å²) in [5.41, 5.74) is 3.64. The molecular weight excluding hydrogens is 528 g/mol. The number of benzene rings is 4. The Bertz CT molecular complexity index is 1850. The lowest BCUT2D eigenvalue weighted by Crippen LogP contribution is -2.51. The van der Waals surface area contributed by atoms with Crippen LogP contribution in [0.2, 0.25) is 0 Å². The van der Waals surface area contributed by atoms with Crippen LogP contribution in [0.1, 0.15) is 38.8 Å². The van der Waals surface area contributed by atoms with E-state index in [0.717, 1.165) is 22.4 Å². The second-order valence-electron chi connectivity index (χ2n) is 11.2. The van der Waals surface area contributed by atoms with Gasteiger partial charge < -0.3 is 19.7 Å². The Morgan fingerprint density at radius 3 is 2.43 bits per heavy atom. The molecule has 4 heterocycles. The van der Waals surface area contributed by atoms with E-state index in [9.17, 15) is 14.4 Å². The van der Waals surface area contributed by atoms with Gasteiger partial charge in [-0.1, -0.05) is 72.8 Å². The molecule has 4 atom stereocenters. The molecule has 7 heteroatoms. The number of Topliss-reactive ketones (excluding diaryl/α,β-unsaturated/α-hetero) is 2. The van der Waals surface area contributed by atoms with Gasteiger partial charge in [0, 0.05) is 28.1 Å². The molecule has 0 aliphatic carbocycles. The number of amides is 1. The maximum absolute atomic E-state index is 15.0. The van der Waals surface area contributed by atoms with Crippen LogP contribution in [0.25, 0.3) is 5.57 Å². The summed E-state index contributed by atoms with van der Waals surface area (Å²) in [7, 11) is 0. The molecule has 0 bridgehead atoms. The number of allylic oxidation sites excluding steroid dienone is 1. The first-order chi connectivity index (χ1) is 20.5. The number of anilines is 2. The minimum Gasteiger partial charge on any atom is -0.454 e. The minimum atomic E-state index is -1.37. The van der Waals surface area contributed by atoms with E-state index >= 15 is 0 Å². The monoisotopic (exact) mass is 554 g/mol. The number of para-hydroxylation sites is 2. The first kappa shape index (κ1) is 24.6. The maximum Gasteiger partial charge on any atom is 0.238 e. The molecule has 1 fully saturated rings. The zero-order valence-electron chi connectivity index (χ0n) is 22.7. The molecule has 206 valence electrons. The lowest BCUT2D eigenvalue weighted by Gasteiger charge is -2.39. The van der Waals surface area contributed by atoms with Crippen molar-refractivity contribution in [3.63, 3.8) is 0 Å². The normalized spacial score (nSPS) is 24.5. The third kappa shape index (κ3) is 3.19. The fraction of sp³-hybridized carbons (Fsp3) is 0.171. The molecule has 0 aromatic heterocycles. The summed E-state index contributed by atoms with van der Waals surface area (Å²) in [6.07, 6.45) is 2.06. The van der Waals surface area contributed by atoms with Crippen LogP contribution in [0.5, 0.6) is 11.5 Å². The SMILES string of the molecule is CC1=C[C@@H]2N(c3ccccc31)[C@H](C(=O)c1ccccc1)[C@@H](C(=O)c1ccc3c(c1)OCO3)[C@]21C(=O)Nc2ccccc21. The van der Waals surface area contributed by atoms with Crippen molar-refractivity contribution in [1.82, 2.24) is 0 Å². The van der Waals surface area contributed by atoms with E-state index in [0.29, 0.717) is 28.3 Å². The van der Waals surface area contributed by atoms with Crippen LogP contribution in [0.3, 0.4) is 0 Å². The average molecular weight is 555 g/mol. The fourth-order valence-corrected chi connectivity index (χ4v) is 7.39. The predicted molar refractivity (Wildman–Crippen MR) is 158 cm³/mol. The number of nitrogens with one attached hydrogen (secondary N) is 1. The van der Waals surface area contributed by atoms with Crippen molar-refractivity contribution in [1.29, 1.82) is 0 Å². The van der Waals surface area contributed by atoms with Gasteiger partial charge in [0.15, 0.2) is 23.1 Å². The Morgan fingerprint density at radius 2 is 1.57 bits per heavy atom. The van der Waals surface area contributed by atoms with Gasteiger partial charge in [0.2, 0.25) is 12.7 Å². The summed E-state index contributed by atoms with van der Waals surface area (Å²) < 4.78 is 11.1. The van der Waals surface area contributed by atoms with Crippen molar-refractivity contribution in [3.8, 4) is 11.5 Å². The van der Waals surface area contributed by atoms with Crippen molar-refractivity contribution in [2.45, 2.75) is 24.4 Å². The number of fused-ring (bicyclic) bond motifs is 7. The van der Waals surface area contributed by atoms with Crippen molar-refractivity contribution in [3.05, 3.63) is 125 Å². The summed E-state index contributed by atoms with van der Waals surface area (Å²) in [5, 5.41) is 3.08. The summed E-state index contributed by atoms with van der Waals surface area (Å²) in [5.74, 6) is -0.824. The highest BCUT2D eigenvalue weighted by Crippen LogP contribution is 2.59. The highest BCUT2D eigenvalue weighted by atomic mass is 16.7. The van der Waals surface area contributed by atoms with E-state index in [1.807, 2.05) is 78.6 Å². The van der Waals surface area contributed by atoms with Crippen molar-refractivity contribution in [2.75, 3.05) is 17.0 Å². The Morgan fingerprint density at radius 1 is 0.833 bits per heavy atom. The Hall–Kier alpha value is -5.17. The number of hydrogen-bond donors (Lipinski definition) is 1. The fourth-order valence-electron chi connectivity index (χ4n) is 7.39. The molecule has 0 saturated carbocycles. The number of rotatable bonds is 4. The molecule has 4 aliphatic heterocycles. The van der Waals surface area contributed by atoms with Gasteiger partial charge in [-0.25, -0.2) is 0 Å². The third-order valence-electron chi connectivity index (χ3n) is 9.15. The van der Waals surface area contributed by atoms with Crippen molar-refractivity contribution in [2.24, 2.45) is 5.92 Å². The van der Waals surface area contributed by atoms with Gasteiger partial charge in [-0.2, -0.15) is 0 Å². The van der Waals surface area contributed by atoms with Crippen LogP contribution in [0, 0.1) is 5.92 Å². The first-order valence-corrected chi connectivity index (χ1v) is 14.0. The summed E-state index contributed by atoms with van der Waals surface area (Å²) >= 11 is 0. The number of nitrogens with zero attached hydrogens (tertiary/aromatic N) is 1. The lowest BCUT2D eigenvalue weighted by atomic mass is 9.64. The van der Waals surface area contributed by atoms with Crippen LogP contribution in [-0.2, 0) is 10.2 Å². The number of ether oxygens (including phenoxy) is 2. The van der Waals surface area contributed by atoms with E-state index in [4.69, 9.17) is 9.47 Å². The summed E-state index contributed by atoms with van der Waals surface area (Å²) in [4.78, 5) is 46.2. The zero-order valence-corrected chi connectivity index (χ0v) is 22.7. The first-order valence-electron chi connectivity index (χ1n) is 14.0. The predicted octanol–water partition coefficient (Wildman–Crippen LogP) is 5.66. The molecule has 42 heavy (non-hydrogen) atoms. The van der Waals surface area contributed by atoms with Crippen molar-refractivity contribution < 1.29 is 23.9 Å². The molecule has 1 saturated heterocycles. The minimum absolute atomic E-state index is 0.0714. The van der Waals surface area contributed by atoms with Crippen LogP contribution in [0.4, 0.5) is 11.4 Å². The van der Waals surface area contributed by atoms with E-state index in [-0.39, 0.29) is 24.3 Å². The molecule has 1 N–H and O–H groups in total. The van der Waals surface area contributed by atoms with Gasteiger partial charge in [-0.3, -0.25) is 14.4 Å². The second kappa shape index (κ2) is 8.91. The standard InChI is InChI=1S/C35H26N2O5/c1-20-17-29-35(24-12-6-7-13-25(24)36-34(35)40)30(32(38)22-15-16-27-28(18-22)42-19-41-27)31(33(39)21-9-3-2-4-10-21)37(29)26-14-8-5-11-23(20)26/h2-18,29-31H,19H2,1H3,(H,36,40)/t29-,30-,31-,35+/m0/s1. The van der Waals surface area contributed by atoms with Crippen LogP contribution in [0.15, 0.2) is 103 Å². The van der Waals surface area contributed by atoms with Gasteiger partial charge in [-0.05, 0) is 48.4 Å². The molecule has 1 amide bonds. The van der Waals surface area contributed by atoms with E-state index in [1.165, 1.54) is 0 Å². The van der Waals surface area contributed by atoms with Crippen LogP contribution >= 0.6 is 0 Å². The van der Waals surface area contributed by atoms with Crippen LogP contribution < -0.4 is 19.7 Å². The van der Waals surface area contributed by atoms with E-state index in [1.54, 1.807) is 30.3 Å². The van der Waals surface area contributed by atoms with Crippen LogP contribution in [-0.4, -0.2) is 36.4 Å². The molecule has 7 nitrogen and oxygen atoms in total. The number of ketones is 2. The van der Waals surface area contributed by atoms with Gasteiger partial charge in [0.1, 0.15) is 11.5 Å². The smallest absolute Gasteiger partial charge is 0.238 e. The molecule has 4 aliphatic rings. The van der Waals surface area contributed by atoms with Crippen molar-refractivity contribution >= 4 is 34.4 Å². The van der Waals surface area contributed by atoms with E-state index < -0.39 is 23.4 Å². The molecule has 8 rings (SSSR count). The van der Waals surface area contributed by atoms with Gasteiger partial charge >= 0.3 is 0 Å². The maximum atomic E-state index is 15.0. The van der Waals surface area contributed by atoms with Gasteiger partial charge in [0.05, 0.1) is 12.0 Å². The topological polar surface area (TPSA) is 84.9 Å². The quantitative estimate of drug-likeness (QED) is 0.328. The summed E-state index contributed by atoms with van der Waals surface area (Å²) in [6, 6.07) is 27.9. The molecule has 1 spiro atoms. The van der Waals surface area contributed by atoms with Gasteiger partial charge in [0.25, 0.3) is 0 Å². The second-order valence-corrected chi connectivity index (χ2v) is 11.2. The molecule has 0 unspecified atom stereocenters. The highest BCUT2D eigenvalue weighted by Gasteiger charge is 2.70. The number of hydrogen-bond acceptors (Lipinski definition) is 6. The summed E-state index contributed by atoms with van der Waals surface area (Å²) in [6.45, 7) is 2.09. The number of carbonyl (C=O) groups is 3. The highest BCUT2D eigenvalue weighted by molar-refractivity contribution is 6.18. The lowest BCUT2D eigenvalue weighted by molar-refractivity contribution is -0.121. The molecule has 0 radical (unpaired) electrons. The Balaban J connectivity index is 1.43.